The van der Waals surface area contributed by atoms with Crippen molar-refractivity contribution in [3.05, 3.63) is 65.4 Å². The molecule has 0 bridgehead atoms. The molecule has 0 saturated carbocycles. The molecule has 2 N–H and O–H groups in total. The van der Waals surface area contributed by atoms with Crippen LogP contribution in [0.15, 0.2) is 52.9 Å². The number of nitriles is 1. The lowest BCUT2D eigenvalue weighted by atomic mass is 10.0. The molecule has 2 aromatic carbocycles. The number of rotatable bonds is 6. The van der Waals surface area contributed by atoms with E-state index in [9.17, 15) is 9.18 Å². The monoisotopic (exact) mass is 476 g/mol. The fraction of sp³-hybridized carbons (Fsp3) is 0.407. The highest BCUT2D eigenvalue weighted by atomic mass is 19.1. The predicted molar refractivity (Wildman–Crippen MR) is 130 cm³/mol. The number of nitrogens with one attached hydrogen (secondary N) is 2. The molecular weight excluding hydrogens is 447 g/mol. The van der Waals surface area contributed by atoms with E-state index in [1.165, 1.54) is 5.56 Å². The van der Waals surface area contributed by atoms with Crippen LogP contribution in [0.2, 0.25) is 0 Å². The second kappa shape index (κ2) is 10.5. The van der Waals surface area contributed by atoms with Gasteiger partial charge in [-0.05, 0) is 67.8 Å². The normalized spacial score (nSPS) is 21.5. The van der Waals surface area contributed by atoms with Gasteiger partial charge in [-0.25, -0.2) is 4.39 Å². The van der Waals surface area contributed by atoms with Crippen LogP contribution < -0.4 is 15.4 Å². The van der Waals surface area contributed by atoms with E-state index in [0.717, 1.165) is 44.4 Å². The van der Waals surface area contributed by atoms with Gasteiger partial charge in [0.15, 0.2) is 5.76 Å². The second-order valence-corrected chi connectivity index (χ2v) is 9.31. The number of hydrogen-bond donors (Lipinski definition) is 2. The van der Waals surface area contributed by atoms with Crippen molar-refractivity contribution < 1.29 is 18.3 Å². The number of hydrogen-bond acceptors (Lipinski definition) is 6. The number of fused-ring (bicyclic) bond motifs is 1. The molecule has 5 rings (SSSR count). The average molecular weight is 477 g/mol. The second-order valence-electron chi connectivity index (χ2n) is 9.31. The van der Waals surface area contributed by atoms with Crippen molar-refractivity contribution in [1.29, 1.82) is 5.26 Å². The van der Waals surface area contributed by atoms with Gasteiger partial charge in [-0.1, -0.05) is 12.1 Å². The maximum atomic E-state index is 14.1. The van der Waals surface area contributed by atoms with Crippen molar-refractivity contribution in [2.75, 3.05) is 26.2 Å². The molecule has 182 valence electrons. The summed E-state index contributed by atoms with van der Waals surface area (Å²) in [4.78, 5) is 15.2. The van der Waals surface area contributed by atoms with Gasteiger partial charge in [0.1, 0.15) is 23.6 Å². The molecule has 0 spiro atoms. The molecule has 0 aliphatic carbocycles. The number of furan rings is 1. The lowest BCUT2D eigenvalue weighted by Gasteiger charge is -2.32. The van der Waals surface area contributed by atoms with E-state index < -0.39 is 12.3 Å². The molecule has 35 heavy (non-hydrogen) atoms. The number of benzene rings is 2. The highest BCUT2D eigenvalue weighted by Gasteiger charge is 2.27. The molecule has 3 heterocycles. The molecule has 7 nitrogen and oxygen atoms in total. The van der Waals surface area contributed by atoms with E-state index in [2.05, 4.69) is 21.6 Å². The van der Waals surface area contributed by atoms with Crippen LogP contribution >= 0.6 is 0 Å². The first kappa shape index (κ1) is 23.3. The zero-order chi connectivity index (χ0) is 24.2. The largest absolute Gasteiger partial charge is 0.487 e. The number of nitrogens with zero attached hydrogens (tertiary/aromatic N) is 2. The number of amides is 1. The number of carbonyl (C=O) groups is 1. The van der Waals surface area contributed by atoms with Crippen LogP contribution in [0, 0.1) is 11.3 Å². The summed E-state index contributed by atoms with van der Waals surface area (Å²) in [7, 11) is 0. The minimum absolute atomic E-state index is 0.0909. The van der Waals surface area contributed by atoms with Crippen LogP contribution in [0.5, 0.6) is 5.75 Å². The van der Waals surface area contributed by atoms with Crippen LogP contribution in [-0.2, 0) is 6.54 Å². The van der Waals surface area contributed by atoms with Crippen LogP contribution in [0.1, 0.15) is 40.9 Å². The first-order valence-corrected chi connectivity index (χ1v) is 12.1. The smallest absolute Gasteiger partial charge is 0.287 e. The Hall–Kier alpha value is -3.41. The zero-order valence-corrected chi connectivity index (χ0v) is 19.5. The third-order valence-corrected chi connectivity index (χ3v) is 6.76. The zero-order valence-electron chi connectivity index (χ0n) is 19.5. The van der Waals surface area contributed by atoms with Crippen molar-refractivity contribution in [2.45, 2.75) is 44.1 Å². The van der Waals surface area contributed by atoms with Crippen molar-refractivity contribution >= 4 is 16.9 Å². The van der Waals surface area contributed by atoms with Crippen LogP contribution in [0.25, 0.3) is 11.0 Å². The van der Waals surface area contributed by atoms with E-state index in [-0.39, 0.29) is 17.7 Å². The number of alkyl halides is 1. The minimum Gasteiger partial charge on any atom is -0.487 e. The Labute approximate surface area is 203 Å². The first-order valence-electron chi connectivity index (χ1n) is 12.1. The molecule has 1 aromatic heterocycles. The molecule has 2 fully saturated rings. The summed E-state index contributed by atoms with van der Waals surface area (Å²) in [6.07, 6.45) is 0.832. The Kier molecular flexibility index (Phi) is 6.98. The quantitative estimate of drug-likeness (QED) is 0.563. The van der Waals surface area contributed by atoms with E-state index >= 15 is 0 Å². The fourth-order valence-corrected chi connectivity index (χ4v) is 4.75. The topological polar surface area (TPSA) is 90.5 Å². The lowest BCUT2D eigenvalue weighted by molar-refractivity contribution is 0.0733. The molecule has 2 aliphatic heterocycles. The van der Waals surface area contributed by atoms with Gasteiger partial charge < -0.3 is 19.8 Å². The fourth-order valence-electron chi connectivity index (χ4n) is 4.75. The Balaban J connectivity index is 1.14. The molecular formula is C27H29FN4O3. The molecule has 2 atom stereocenters. The van der Waals surface area contributed by atoms with Crippen LogP contribution in [-0.4, -0.2) is 55.3 Å². The first-order chi connectivity index (χ1) is 17.1. The third kappa shape index (κ3) is 5.64. The summed E-state index contributed by atoms with van der Waals surface area (Å²) in [6, 6.07) is 16.9. The van der Waals surface area contributed by atoms with Gasteiger partial charge in [-0.15, -0.1) is 0 Å². The summed E-state index contributed by atoms with van der Waals surface area (Å²) in [5.74, 6) is 0.619. The Morgan fingerprint density at radius 3 is 2.71 bits per heavy atom. The predicted octanol–water partition coefficient (Wildman–Crippen LogP) is 3.78. The number of ether oxygens (including phenoxy) is 1. The van der Waals surface area contributed by atoms with Gasteiger partial charge >= 0.3 is 0 Å². The maximum absolute atomic E-state index is 14.1. The van der Waals surface area contributed by atoms with E-state index in [0.29, 0.717) is 29.9 Å². The van der Waals surface area contributed by atoms with Gasteiger partial charge in [-0.2, -0.15) is 5.26 Å². The summed E-state index contributed by atoms with van der Waals surface area (Å²) >= 11 is 0. The van der Waals surface area contributed by atoms with Gasteiger partial charge in [0.2, 0.25) is 0 Å². The molecule has 2 aliphatic rings. The molecule has 0 radical (unpaired) electrons. The van der Waals surface area contributed by atoms with Gasteiger partial charge in [-0.3, -0.25) is 9.69 Å². The van der Waals surface area contributed by atoms with Crippen LogP contribution in [0.3, 0.4) is 0 Å². The summed E-state index contributed by atoms with van der Waals surface area (Å²) in [5, 5.41) is 15.8. The van der Waals surface area contributed by atoms with Crippen molar-refractivity contribution in [3.8, 4) is 11.8 Å². The minimum atomic E-state index is -1.04. The third-order valence-electron chi connectivity index (χ3n) is 6.76. The number of likely N-dealkylation sites (tertiary alicyclic amines) is 1. The van der Waals surface area contributed by atoms with Gasteiger partial charge in [0, 0.05) is 37.6 Å². The standard InChI is InChI=1S/C27H29FN4O3/c28-23-16-30-10-7-25(23)34-22-5-6-24-20(13-22)14-26(35-24)27(33)31-21-8-11-32(12-9-21)17-19-3-1-18(15-29)2-4-19/h1-6,13-14,21,23,25,30H,7-12,16-17H2,(H,31,33). The van der Waals surface area contributed by atoms with Gasteiger partial charge in [0.05, 0.1) is 11.6 Å². The van der Waals surface area contributed by atoms with E-state index in [4.69, 9.17) is 14.4 Å². The Bertz CT molecular complexity index is 1210. The lowest BCUT2D eigenvalue weighted by Crippen LogP contribution is -2.44. The highest BCUT2D eigenvalue weighted by Crippen LogP contribution is 2.27. The summed E-state index contributed by atoms with van der Waals surface area (Å²) in [6.45, 7) is 3.64. The van der Waals surface area contributed by atoms with E-state index in [1.54, 1.807) is 24.3 Å². The summed E-state index contributed by atoms with van der Waals surface area (Å²) < 4.78 is 25.7. The van der Waals surface area contributed by atoms with Crippen LogP contribution in [0.4, 0.5) is 4.39 Å². The van der Waals surface area contributed by atoms with Crippen molar-refractivity contribution in [2.24, 2.45) is 0 Å². The Morgan fingerprint density at radius 1 is 1.17 bits per heavy atom. The molecule has 2 unspecified atom stereocenters. The van der Waals surface area contributed by atoms with Crippen molar-refractivity contribution in [1.82, 2.24) is 15.5 Å². The number of carbonyl (C=O) groups excluding carboxylic acids is 1. The summed E-state index contributed by atoms with van der Waals surface area (Å²) in [5.41, 5.74) is 2.45. The van der Waals surface area contributed by atoms with Gasteiger partial charge in [0.25, 0.3) is 5.91 Å². The Morgan fingerprint density at radius 2 is 1.97 bits per heavy atom. The average Bonchev–Trinajstić information content (AvgIpc) is 3.31. The maximum Gasteiger partial charge on any atom is 0.287 e. The SMILES string of the molecule is N#Cc1ccc(CN2CCC(NC(=O)c3cc4cc(OC5CCNCC5F)ccc4o3)CC2)cc1. The number of piperidine rings is 2. The highest BCUT2D eigenvalue weighted by molar-refractivity contribution is 5.96. The number of halogens is 1. The molecule has 8 heteroatoms. The molecule has 1 amide bonds. The van der Waals surface area contributed by atoms with Crippen molar-refractivity contribution in [3.63, 3.8) is 0 Å². The van der Waals surface area contributed by atoms with E-state index in [1.807, 2.05) is 24.3 Å². The molecule has 3 aromatic rings. The molecule has 2 saturated heterocycles.